The maximum absolute atomic E-state index is 13.5. The average Bonchev–Trinajstić information content (AvgIpc) is 2.82. The Morgan fingerprint density at radius 1 is 1.10 bits per heavy atom. The van der Waals surface area contributed by atoms with Crippen molar-refractivity contribution in [2.24, 2.45) is 0 Å². The summed E-state index contributed by atoms with van der Waals surface area (Å²) >= 11 is 0. The lowest BCUT2D eigenvalue weighted by molar-refractivity contribution is -0.141. The molecule has 0 bridgehead atoms. The molecule has 2 heterocycles. The van der Waals surface area contributed by atoms with Crippen LogP contribution >= 0.6 is 0 Å². The van der Waals surface area contributed by atoms with Gasteiger partial charge in [0.15, 0.2) is 22.9 Å². The Labute approximate surface area is 115 Å². The van der Waals surface area contributed by atoms with Gasteiger partial charge in [0.2, 0.25) is 5.95 Å². The van der Waals surface area contributed by atoms with Crippen molar-refractivity contribution in [2.45, 2.75) is 6.18 Å². The van der Waals surface area contributed by atoms with E-state index >= 15 is 0 Å². The van der Waals surface area contributed by atoms with Crippen LogP contribution in [0.4, 0.5) is 23.5 Å². The number of hydrogen-bond donors (Lipinski definition) is 1. The molecule has 0 atom stereocenters. The number of nitrogens with zero attached hydrogens (tertiary/aromatic N) is 2. The standard InChI is InChI=1S/C13H7F4N3O/c14-7-3-1-2-6-4-9(21-11(6)7)8-5-10(13(15,16)17)20-12(18)19-8/h1-5H,(H2,18,19,20). The van der Waals surface area contributed by atoms with Crippen molar-refractivity contribution < 1.29 is 22.0 Å². The Kier molecular flexibility index (Phi) is 2.82. The molecule has 2 aromatic heterocycles. The maximum atomic E-state index is 13.5. The summed E-state index contributed by atoms with van der Waals surface area (Å²) in [6.45, 7) is 0. The number of fused-ring (bicyclic) bond motifs is 1. The number of aromatic nitrogens is 2. The zero-order valence-corrected chi connectivity index (χ0v) is 10.3. The number of furan rings is 1. The molecule has 0 unspecified atom stereocenters. The monoisotopic (exact) mass is 297 g/mol. The van der Waals surface area contributed by atoms with Gasteiger partial charge in [-0.05, 0) is 18.2 Å². The molecule has 0 saturated heterocycles. The fraction of sp³-hybridized carbons (Fsp3) is 0.0769. The van der Waals surface area contributed by atoms with Gasteiger partial charge in [-0.1, -0.05) is 12.1 Å². The number of alkyl halides is 3. The number of rotatable bonds is 1. The van der Waals surface area contributed by atoms with Crippen molar-refractivity contribution in [1.29, 1.82) is 0 Å². The van der Waals surface area contributed by atoms with Crippen molar-refractivity contribution >= 4 is 16.9 Å². The van der Waals surface area contributed by atoms with Crippen molar-refractivity contribution in [2.75, 3.05) is 5.73 Å². The van der Waals surface area contributed by atoms with E-state index in [0.717, 1.165) is 0 Å². The molecule has 0 saturated carbocycles. The molecule has 3 rings (SSSR count). The summed E-state index contributed by atoms with van der Waals surface area (Å²) in [4.78, 5) is 6.82. The van der Waals surface area contributed by atoms with E-state index in [1.807, 2.05) is 0 Å². The number of para-hydroxylation sites is 1. The van der Waals surface area contributed by atoms with Gasteiger partial charge < -0.3 is 10.2 Å². The molecule has 0 radical (unpaired) electrons. The number of hydrogen-bond acceptors (Lipinski definition) is 4. The maximum Gasteiger partial charge on any atom is 0.433 e. The molecule has 21 heavy (non-hydrogen) atoms. The summed E-state index contributed by atoms with van der Waals surface area (Å²) in [6.07, 6.45) is -4.66. The fourth-order valence-electron chi connectivity index (χ4n) is 1.89. The van der Waals surface area contributed by atoms with Crippen LogP contribution in [-0.4, -0.2) is 9.97 Å². The third kappa shape index (κ3) is 2.39. The lowest BCUT2D eigenvalue weighted by Gasteiger charge is -2.07. The minimum absolute atomic E-state index is 0.0188. The van der Waals surface area contributed by atoms with Crippen molar-refractivity contribution in [3.05, 3.63) is 41.8 Å². The van der Waals surface area contributed by atoms with Crippen LogP contribution in [0.2, 0.25) is 0 Å². The van der Waals surface area contributed by atoms with Crippen LogP contribution in [-0.2, 0) is 6.18 Å². The highest BCUT2D eigenvalue weighted by Gasteiger charge is 2.34. The first-order chi connectivity index (χ1) is 9.84. The molecular formula is C13H7F4N3O. The predicted octanol–water partition coefficient (Wildman–Crippen LogP) is 3.63. The SMILES string of the molecule is Nc1nc(-c2cc3cccc(F)c3o2)cc(C(F)(F)F)n1. The molecule has 108 valence electrons. The van der Waals surface area contributed by atoms with Crippen LogP contribution in [0.1, 0.15) is 5.69 Å². The van der Waals surface area contributed by atoms with Crippen LogP contribution in [0.3, 0.4) is 0 Å². The quantitative estimate of drug-likeness (QED) is 0.697. The third-order valence-corrected chi connectivity index (χ3v) is 2.78. The van der Waals surface area contributed by atoms with Gasteiger partial charge in [0.05, 0.1) is 0 Å². The fourth-order valence-corrected chi connectivity index (χ4v) is 1.89. The summed E-state index contributed by atoms with van der Waals surface area (Å²) in [5.41, 5.74) is 3.87. The summed E-state index contributed by atoms with van der Waals surface area (Å²) in [5.74, 6) is -1.17. The van der Waals surface area contributed by atoms with Gasteiger partial charge in [0.1, 0.15) is 5.69 Å². The molecule has 1 aromatic carbocycles. The highest BCUT2D eigenvalue weighted by molar-refractivity contribution is 5.82. The van der Waals surface area contributed by atoms with Crippen LogP contribution in [0.15, 0.2) is 34.7 Å². The third-order valence-electron chi connectivity index (χ3n) is 2.78. The first kappa shape index (κ1) is 13.3. The van der Waals surface area contributed by atoms with Crippen molar-refractivity contribution in [1.82, 2.24) is 9.97 Å². The van der Waals surface area contributed by atoms with E-state index in [1.165, 1.54) is 18.2 Å². The zero-order valence-electron chi connectivity index (χ0n) is 10.3. The summed E-state index contributed by atoms with van der Waals surface area (Å²) in [5, 5.41) is 0.413. The van der Waals surface area contributed by atoms with Crippen LogP contribution < -0.4 is 5.73 Å². The topological polar surface area (TPSA) is 64.9 Å². The molecule has 0 aliphatic carbocycles. The van der Waals surface area contributed by atoms with Gasteiger partial charge >= 0.3 is 6.18 Å². The Hall–Kier alpha value is -2.64. The van der Waals surface area contributed by atoms with Gasteiger partial charge in [0.25, 0.3) is 0 Å². The number of halogens is 4. The molecule has 0 fully saturated rings. The molecule has 0 aliphatic rings. The van der Waals surface area contributed by atoms with Gasteiger partial charge in [-0.15, -0.1) is 0 Å². The largest absolute Gasteiger partial charge is 0.451 e. The highest BCUT2D eigenvalue weighted by Crippen LogP contribution is 2.33. The molecule has 0 spiro atoms. The van der Waals surface area contributed by atoms with Crippen molar-refractivity contribution in [3.8, 4) is 11.5 Å². The van der Waals surface area contributed by atoms with Crippen LogP contribution in [0, 0.1) is 5.82 Å². The smallest absolute Gasteiger partial charge is 0.433 e. The van der Waals surface area contributed by atoms with E-state index in [4.69, 9.17) is 10.2 Å². The molecule has 0 amide bonds. The van der Waals surface area contributed by atoms with E-state index in [1.54, 1.807) is 6.07 Å². The van der Waals surface area contributed by atoms with Crippen molar-refractivity contribution in [3.63, 3.8) is 0 Å². The first-order valence-corrected chi connectivity index (χ1v) is 5.75. The van der Waals surface area contributed by atoms with E-state index in [-0.39, 0.29) is 17.0 Å². The Morgan fingerprint density at radius 3 is 2.52 bits per heavy atom. The minimum atomic E-state index is -4.66. The van der Waals surface area contributed by atoms with Gasteiger partial charge in [-0.2, -0.15) is 13.2 Å². The first-order valence-electron chi connectivity index (χ1n) is 5.75. The molecule has 8 heteroatoms. The second kappa shape index (κ2) is 4.44. The van der Waals surface area contributed by atoms with Gasteiger partial charge in [-0.25, -0.2) is 14.4 Å². The Balaban J connectivity index is 2.18. The average molecular weight is 297 g/mol. The zero-order chi connectivity index (χ0) is 15.2. The highest BCUT2D eigenvalue weighted by atomic mass is 19.4. The minimum Gasteiger partial charge on any atom is -0.451 e. The Morgan fingerprint density at radius 2 is 1.86 bits per heavy atom. The predicted molar refractivity (Wildman–Crippen MR) is 66.6 cm³/mol. The lowest BCUT2D eigenvalue weighted by atomic mass is 10.2. The van der Waals surface area contributed by atoms with Gasteiger partial charge in [0, 0.05) is 5.39 Å². The molecule has 3 aromatic rings. The lowest BCUT2D eigenvalue weighted by Crippen LogP contribution is -2.11. The number of benzene rings is 1. The van der Waals surface area contributed by atoms with E-state index in [2.05, 4.69) is 9.97 Å². The number of anilines is 1. The van der Waals surface area contributed by atoms with Crippen LogP contribution in [0.25, 0.3) is 22.4 Å². The number of nitrogens with two attached hydrogens (primary N) is 1. The molecule has 4 nitrogen and oxygen atoms in total. The molecule has 0 aliphatic heterocycles. The molecular weight excluding hydrogens is 290 g/mol. The normalized spacial score (nSPS) is 12.0. The second-order valence-corrected chi connectivity index (χ2v) is 4.26. The molecule has 2 N–H and O–H groups in total. The summed E-state index contributed by atoms with van der Waals surface area (Å²) in [7, 11) is 0. The number of nitrogen functional groups attached to an aromatic ring is 1. The summed E-state index contributed by atoms with van der Waals surface area (Å²) in [6, 6.07) is 6.31. The van der Waals surface area contributed by atoms with E-state index < -0.39 is 23.6 Å². The van der Waals surface area contributed by atoms with Gasteiger partial charge in [-0.3, -0.25) is 0 Å². The summed E-state index contributed by atoms with van der Waals surface area (Å²) < 4.78 is 56.8. The Bertz CT molecular complexity index is 826. The van der Waals surface area contributed by atoms with Crippen LogP contribution in [0.5, 0.6) is 0 Å². The van der Waals surface area contributed by atoms with E-state index in [0.29, 0.717) is 11.5 Å². The second-order valence-electron chi connectivity index (χ2n) is 4.26. The van der Waals surface area contributed by atoms with E-state index in [9.17, 15) is 17.6 Å².